The maximum Gasteiger partial charge on any atom is 0.357 e. The molecule has 0 aliphatic carbocycles. The van der Waals surface area contributed by atoms with E-state index in [0.29, 0.717) is 12.4 Å². The molecule has 0 aliphatic heterocycles. The number of carbonyl (C=O) groups is 2. The number of thiophene rings is 1. The topological polar surface area (TPSA) is 99.0 Å². The Kier molecular flexibility index (Phi) is 6.28. The van der Waals surface area contributed by atoms with Crippen LogP contribution >= 0.6 is 11.3 Å². The van der Waals surface area contributed by atoms with Crippen molar-refractivity contribution in [1.29, 1.82) is 0 Å². The number of tetrazole rings is 1. The average molecular weight is 397 g/mol. The number of nitrogens with one attached hydrogen (secondary N) is 1. The highest BCUT2D eigenvalue weighted by molar-refractivity contribution is 7.10. The van der Waals surface area contributed by atoms with E-state index in [9.17, 15) is 9.59 Å². The Morgan fingerprint density at radius 1 is 1.25 bits per heavy atom. The summed E-state index contributed by atoms with van der Waals surface area (Å²) in [4.78, 5) is 25.7. The van der Waals surface area contributed by atoms with Gasteiger partial charge < -0.3 is 10.1 Å². The Labute approximate surface area is 165 Å². The van der Waals surface area contributed by atoms with Crippen LogP contribution in [0.25, 0.3) is 23.2 Å². The number of likely N-dealkylation sites (N-methyl/N-ethyl adjacent to an activating group) is 1. The van der Waals surface area contributed by atoms with Gasteiger partial charge in [-0.15, -0.1) is 16.4 Å². The lowest BCUT2D eigenvalue weighted by atomic mass is 10.2. The van der Waals surface area contributed by atoms with Crippen LogP contribution in [0.5, 0.6) is 0 Å². The summed E-state index contributed by atoms with van der Waals surface area (Å²) in [6.45, 7) is 3.76. The minimum Gasteiger partial charge on any atom is -0.448 e. The molecule has 1 atom stereocenters. The summed E-state index contributed by atoms with van der Waals surface area (Å²) in [5.41, 5.74) is 0.858. The highest BCUT2D eigenvalue weighted by Crippen LogP contribution is 2.23. The van der Waals surface area contributed by atoms with E-state index in [1.54, 1.807) is 13.0 Å². The summed E-state index contributed by atoms with van der Waals surface area (Å²) in [5.74, 6) is -0.672. The van der Waals surface area contributed by atoms with E-state index in [0.717, 1.165) is 10.4 Å². The molecule has 1 aromatic carbocycles. The summed E-state index contributed by atoms with van der Waals surface area (Å²) in [7, 11) is 0. The van der Waals surface area contributed by atoms with Crippen molar-refractivity contribution in [2.75, 3.05) is 6.54 Å². The third-order valence-electron chi connectivity index (χ3n) is 3.77. The van der Waals surface area contributed by atoms with Gasteiger partial charge in [0.15, 0.2) is 17.6 Å². The fraction of sp³-hybridized carbons (Fsp3) is 0.211. The number of nitrogens with zero attached hydrogens (tertiary/aromatic N) is 4. The molecule has 144 valence electrons. The Hall–Kier alpha value is -3.33. The first-order chi connectivity index (χ1) is 13.6. The summed E-state index contributed by atoms with van der Waals surface area (Å²) >= 11 is 1.46. The smallest absolute Gasteiger partial charge is 0.357 e. The molecule has 0 bridgehead atoms. The minimum absolute atomic E-state index is 0.113. The number of rotatable bonds is 7. The normalized spacial score (nSPS) is 12.4. The lowest BCUT2D eigenvalue weighted by Gasteiger charge is -2.14. The highest BCUT2D eigenvalue weighted by Gasteiger charge is 2.24. The van der Waals surface area contributed by atoms with Gasteiger partial charge in [0.25, 0.3) is 5.91 Å². The summed E-state index contributed by atoms with van der Waals surface area (Å²) < 4.78 is 6.68. The molecule has 0 saturated carbocycles. The number of aromatic nitrogens is 4. The number of esters is 1. The van der Waals surface area contributed by atoms with Gasteiger partial charge in [0, 0.05) is 17.0 Å². The number of hydrogen-bond acceptors (Lipinski definition) is 7. The zero-order chi connectivity index (χ0) is 19.9. The van der Waals surface area contributed by atoms with Crippen molar-refractivity contribution >= 4 is 35.0 Å². The first-order valence-corrected chi connectivity index (χ1v) is 9.56. The SMILES string of the molecule is CCNC(=O)[C@H](C)OC(=O)/C(=C/c1cccs1)n1nnnc1-c1ccccc1. The van der Waals surface area contributed by atoms with E-state index < -0.39 is 12.1 Å². The molecule has 1 amide bonds. The molecule has 3 rings (SSSR count). The Balaban J connectivity index is 1.97. The molecular formula is C19H19N5O3S. The second kappa shape index (κ2) is 9.05. The maximum absolute atomic E-state index is 12.9. The lowest BCUT2D eigenvalue weighted by molar-refractivity contribution is -0.149. The average Bonchev–Trinajstić information content (AvgIpc) is 3.38. The van der Waals surface area contributed by atoms with Crippen LogP contribution in [0.3, 0.4) is 0 Å². The van der Waals surface area contributed by atoms with Crippen molar-refractivity contribution in [3.05, 3.63) is 52.7 Å². The third kappa shape index (κ3) is 4.49. The summed E-state index contributed by atoms with van der Waals surface area (Å²) in [6, 6.07) is 13.0. The van der Waals surface area contributed by atoms with E-state index in [2.05, 4.69) is 20.8 Å². The summed E-state index contributed by atoms with van der Waals surface area (Å²) in [5, 5.41) is 16.2. The summed E-state index contributed by atoms with van der Waals surface area (Å²) in [6.07, 6.45) is 0.691. The van der Waals surface area contributed by atoms with Crippen LogP contribution in [0.4, 0.5) is 0 Å². The monoisotopic (exact) mass is 397 g/mol. The molecule has 0 spiro atoms. The van der Waals surface area contributed by atoms with Crippen molar-refractivity contribution in [3.63, 3.8) is 0 Å². The van der Waals surface area contributed by atoms with Crippen LogP contribution in [0.2, 0.25) is 0 Å². The first-order valence-electron chi connectivity index (χ1n) is 8.68. The van der Waals surface area contributed by atoms with Gasteiger partial charge in [-0.05, 0) is 41.8 Å². The predicted molar refractivity (Wildman–Crippen MR) is 106 cm³/mol. The van der Waals surface area contributed by atoms with Gasteiger partial charge in [-0.2, -0.15) is 4.68 Å². The number of ether oxygens (including phenoxy) is 1. The minimum atomic E-state index is -0.948. The van der Waals surface area contributed by atoms with Crippen LogP contribution in [0, 0.1) is 0 Å². The molecule has 1 N–H and O–H groups in total. The molecule has 3 aromatic rings. The largest absolute Gasteiger partial charge is 0.448 e. The van der Waals surface area contributed by atoms with Crippen molar-refractivity contribution in [2.24, 2.45) is 0 Å². The van der Waals surface area contributed by atoms with E-state index in [-0.39, 0.29) is 11.6 Å². The van der Waals surface area contributed by atoms with Crippen molar-refractivity contribution < 1.29 is 14.3 Å². The van der Waals surface area contributed by atoms with Crippen LogP contribution in [0.1, 0.15) is 18.7 Å². The molecule has 0 radical (unpaired) electrons. The van der Waals surface area contributed by atoms with Gasteiger partial charge in [-0.25, -0.2) is 4.79 Å². The Morgan fingerprint density at radius 3 is 2.71 bits per heavy atom. The third-order valence-corrected chi connectivity index (χ3v) is 4.58. The van der Waals surface area contributed by atoms with Crippen molar-refractivity contribution in [3.8, 4) is 11.4 Å². The zero-order valence-electron chi connectivity index (χ0n) is 15.4. The van der Waals surface area contributed by atoms with Crippen LogP contribution < -0.4 is 5.32 Å². The molecule has 0 unspecified atom stereocenters. The van der Waals surface area contributed by atoms with Gasteiger partial charge in [-0.3, -0.25) is 4.79 Å². The van der Waals surface area contributed by atoms with Crippen molar-refractivity contribution in [2.45, 2.75) is 20.0 Å². The number of amides is 1. The van der Waals surface area contributed by atoms with Gasteiger partial charge in [-0.1, -0.05) is 36.4 Å². The van der Waals surface area contributed by atoms with Gasteiger partial charge >= 0.3 is 5.97 Å². The molecule has 8 nitrogen and oxygen atoms in total. The lowest BCUT2D eigenvalue weighted by Crippen LogP contribution is -2.36. The highest BCUT2D eigenvalue weighted by atomic mass is 32.1. The van der Waals surface area contributed by atoms with Gasteiger partial charge in [0.05, 0.1) is 0 Å². The van der Waals surface area contributed by atoms with E-state index in [4.69, 9.17) is 4.74 Å². The fourth-order valence-corrected chi connectivity index (χ4v) is 3.07. The van der Waals surface area contributed by atoms with Crippen LogP contribution in [-0.2, 0) is 14.3 Å². The molecule has 2 aromatic heterocycles. The second-order valence-electron chi connectivity index (χ2n) is 5.77. The Bertz CT molecular complexity index is 967. The predicted octanol–water partition coefficient (Wildman–Crippen LogP) is 2.47. The molecule has 0 fully saturated rings. The molecule has 0 saturated heterocycles. The molecule has 0 aliphatic rings. The van der Waals surface area contributed by atoms with Crippen LogP contribution in [-0.4, -0.2) is 44.7 Å². The molecule has 28 heavy (non-hydrogen) atoms. The standard InChI is InChI=1S/C19H19N5O3S/c1-3-20-18(25)13(2)27-19(26)16(12-15-10-7-11-28-15)24-17(21-22-23-24)14-8-5-4-6-9-14/h4-13H,3H2,1-2H3,(H,20,25)/b16-12-/t13-/m0/s1. The molecular weight excluding hydrogens is 378 g/mol. The molecule has 2 heterocycles. The maximum atomic E-state index is 12.9. The van der Waals surface area contributed by atoms with Crippen molar-refractivity contribution in [1.82, 2.24) is 25.5 Å². The van der Waals surface area contributed by atoms with Gasteiger partial charge in [0.2, 0.25) is 0 Å². The van der Waals surface area contributed by atoms with E-state index in [1.807, 2.05) is 47.8 Å². The Morgan fingerprint density at radius 2 is 2.04 bits per heavy atom. The van der Waals surface area contributed by atoms with E-state index >= 15 is 0 Å². The zero-order valence-corrected chi connectivity index (χ0v) is 16.2. The van der Waals surface area contributed by atoms with Gasteiger partial charge in [0.1, 0.15) is 0 Å². The van der Waals surface area contributed by atoms with E-state index in [1.165, 1.54) is 22.9 Å². The quantitative estimate of drug-likeness (QED) is 0.486. The second-order valence-corrected chi connectivity index (χ2v) is 6.75. The fourth-order valence-electron chi connectivity index (χ4n) is 2.42. The molecule has 9 heteroatoms. The number of hydrogen-bond donors (Lipinski definition) is 1. The first kappa shape index (κ1) is 19.4. The number of carbonyl (C=O) groups excluding carboxylic acids is 2. The van der Waals surface area contributed by atoms with Crippen LogP contribution in [0.15, 0.2) is 47.8 Å². The number of benzene rings is 1.